The molecule has 1 aromatic carbocycles. The second-order valence-corrected chi connectivity index (χ2v) is 7.00. The van der Waals surface area contributed by atoms with Crippen molar-refractivity contribution in [1.29, 1.82) is 0 Å². The summed E-state index contributed by atoms with van der Waals surface area (Å²) < 4.78 is 0. The average molecular weight is 342 g/mol. The molecule has 0 aliphatic carbocycles. The van der Waals surface area contributed by atoms with Crippen molar-refractivity contribution < 1.29 is 9.59 Å². The second kappa shape index (κ2) is 6.43. The topological polar surface area (TPSA) is 47.1 Å². The Morgan fingerprint density at radius 2 is 1.40 bits per heavy atom. The van der Waals surface area contributed by atoms with E-state index < -0.39 is 0 Å². The maximum Gasteiger partial charge on any atom is 0.321 e. The van der Waals surface area contributed by atoms with Gasteiger partial charge in [-0.1, -0.05) is 42.5 Å². The number of fused-ring (bicyclic) bond motifs is 1. The predicted molar refractivity (Wildman–Crippen MR) is 97.8 cm³/mol. The van der Waals surface area contributed by atoms with Crippen molar-refractivity contribution in [2.24, 2.45) is 5.92 Å². The first-order valence-electron chi connectivity index (χ1n) is 8.57. The molecule has 0 N–H and O–H groups in total. The van der Waals surface area contributed by atoms with E-state index in [2.05, 4.69) is 19.1 Å². The Bertz CT molecular complexity index is 686. The molecule has 2 saturated heterocycles. The highest BCUT2D eigenvalue weighted by Crippen LogP contribution is 2.36. The highest BCUT2D eigenvalue weighted by atomic mass is 16.2. The van der Waals surface area contributed by atoms with Crippen molar-refractivity contribution in [3.63, 3.8) is 0 Å². The van der Waals surface area contributed by atoms with Crippen molar-refractivity contribution >= 4 is 18.1 Å². The minimum absolute atomic E-state index is 0.0251. The number of benzene rings is 1. The number of urea groups is 2. The molecule has 0 bridgehead atoms. The highest BCUT2D eigenvalue weighted by molar-refractivity contribution is 5.80. The summed E-state index contributed by atoms with van der Waals surface area (Å²) in [6.07, 6.45) is 3.90. The van der Waals surface area contributed by atoms with Gasteiger partial charge in [-0.25, -0.2) is 9.59 Å². The van der Waals surface area contributed by atoms with E-state index in [1.54, 1.807) is 33.7 Å². The number of amides is 4. The molecule has 134 valence electrons. The number of rotatable bonds is 2. The van der Waals surface area contributed by atoms with E-state index in [4.69, 9.17) is 0 Å². The zero-order valence-electron chi connectivity index (χ0n) is 15.5. The molecule has 0 unspecified atom stereocenters. The van der Waals surface area contributed by atoms with Crippen molar-refractivity contribution in [3.8, 4) is 0 Å². The number of nitrogens with zero attached hydrogens (tertiary/aromatic N) is 4. The van der Waals surface area contributed by atoms with E-state index in [9.17, 15) is 9.59 Å². The Labute approximate surface area is 149 Å². The van der Waals surface area contributed by atoms with Gasteiger partial charge in [-0.05, 0) is 12.5 Å². The third-order valence-electron chi connectivity index (χ3n) is 5.64. The SMILES string of the molecule is C[C@H]1[C@H]2[C@@H](N(C)C(=O)N1C)N(C)C(=O)N(C)[C@H]2/C=C/c1ccccc1. The monoisotopic (exact) mass is 342 g/mol. The van der Waals surface area contributed by atoms with Gasteiger partial charge in [-0.3, -0.25) is 0 Å². The summed E-state index contributed by atoms with van der Waals surface area (Å²) in [5, 5.41) is 0. The largest absolute Gasteiger partial charge is 0.324 e. The molecule has 2 fully saturated rings. The van der Waals surface area contributed by atoms with Crippen LogP contribution in [0.4, 0.5) is 9.59 Å². The van der Waals surface area contributed by atoms with Crippen LogP contribution in [0.5, 0.6) is 0 Å². The smallest absolute Gasteiger partial charge is 0.321 e. The van der Waals surface area contributed by atoms with Crippen LogP contribution in [0.2, 0.25) is 0 Å². The van der Waals surface area contributed by atoms with E-state index >= 15 is 0 Å². The summed E-state index contributed by atoms with van der Waals surface area (Å²) in [6.45, 7) is 2.06. The van der Waals surface area contributed by atoms with Crippen LogP contribution in [0.15, 0.2) is 36.4 Å². The third kappa shape index (κ3) is 2.75. The van der Waals surface area contributed by atoms with Crippen LogP contribution in [-0.2, 0) is 0 Å². The Morgan fingerprint density at radius 3 is 2.00 bits per heavy atom. The van der Waals surface area contributed by atoms with Gasteiger partial charge in [0.05, 0.1) is 6.04 Å². The van der Waals surface area contributed by atoms with Crippen LogP contribution >= 0.6 is 0 Å². The van der Waals surface area contributed by atoms with Crippen LogP contribution in [-0.4, -0.2) is 78.1 Å². The van der Waals surface area contributed by atoms with E-state index in [0.29, 0.717) is 0 Å². The van der Waals surface area contributed by atoms with Crippen LogP contribution in [0.3, 0.4) is 0 Å². The molecule has 6 nitrogen and oxygen atoms in total. The van der Waals surface area contributed by atoms with E-state index in [0.717, 1.165) is 5.56 Å². The maximum absolute atomic E-state index is 12.7. The van der Waals surface area contributed by atoms with Crippen LogP contribution in [0.25, 0.3) is 6.08 Å². The number of carbonyl (C=O) groups excluding carboxylic acids is 2. The van der Waals surface area contributed by atoms with E-state index in [1.165, 1.54) is 0 Å². The molecule has 2 heterocycles. The number of likely N-dealkylation sites (N-methyl/N-ethyl adjacent to an activating group) is 1. The minimum Gasteiger partial charge on any atom is -0.324 e. The quantitative estimate of drug-likeness (QED) is 0.828. The van der Waals surface area contributed by atoms with Crippen LogP contribution < -0.4 is 0 Å². The van der Waals surface area contributed by atoms with Crippen molar-refractivity contribution in [1.82, 2.24) is 19.6 Å². The van der Waals surface area contributed by atoms with Gasteiger partial charge >= 0.3 is 12.1 Å². The molecule has 4 amide bonds. The van der Waals surface area contributed by atoms with Gasteiger partial charge in [0.25, 0.3) is 0 Å². The summed E-state index contributed by atoms with van der Waals surface area (Å²) in [4.78, 5) is 32.1. The first-order chi connectivity index (χ1) is 11.8. The van der Waals surface area contributed by atoms with Gasteiger partial charge in [0.1, 0.15) is 6.17 Å². The number of hydrogen-bond donors (Lipinski definition) is 0. The van der Waals surface area contributed by atoms with Crippen molar-refractivity contribution in [2.45, 2.75) is 25.2 Å². The zero-order valence-corrected chi connectivity index (χ0v) is 15.5. The summed E-state index contributed by atoms with van der Waals surface area (Å²) in [5.41, 5.74) is 1.10. The normalized spacial score (nSPS) is 30.3. The maximum atomic E-state index is 12.7. The Balaban J connectivity index is 1.99. The number of carbonyl (C=O) groups is 2. The fourth-order valence-electron chi connectivity index (χ4n) is 4.06. The molecule has 0 aromatic heterocycles. The third-order valence-corrected chi connectivity index (χ3v) is 5.64. The van der Waals surface area contributed by atoms with Gasteiger partial charge in [0, 0.05) is 40.2 Å². The fraction of sp³-hybridized carbons (Fsp3) is 0.474. The molecule has 0 saturated carbocycles. The standard InChI is InChI=1S/C19H26N4O2/c1-13-16-15(12-11-14-9-7-6-8-10-14)21(3)19(25)23(5)17(16)22(4)18(24)20(13)2/h6-13,15-17H,1-5H3/b12-11+/t13-,15-,16+,17-/m0/s1. The summed E-state index contributed by atoms with van der Waals surface area (Å²) >= 11 is 0. The van der Waals surface area contributed by atoms with Gasteiger partial charge in [-0.2, -0.15) is 0 Å². The molecule has 25 heavy (non-hydrogen) atoms. The molecule has 0 spiro atoms. The lowest BCUT2D eigenvalue weighted by Crippen LogP contribution is -2.73. The summed E-state index contributed by atoms with van der Waals surface area (Å²) in [5.74, 6) is 0.0976. The molecule has 1 aromatic rings. The first-order valence-corrected chi connectivity index (χ1v) is 8.57. The molecule has 4 atom stereocenters. The van der Waals surface area contributed by atoms with E-state index in [-0.39, 0.29) is 36.2 Å². The minimum atomic E-state index is -0.243. The zero-order chi connectivity index (χ0) is 18.3. The Hall–Kier alpha value is -2.50. The predicted octanol–water partition coefficient (Wildman–Crippen LogP) is 2.39. The van der Waals surface area contributed by atoms with Crippen molar-refractivity contribution in [3.05, 3.63) is 42.0 Å². The second-order valence-electron chi connectivity index (χ2n) is 7.00. The summed E-state index contributed by atoms with van der Waals surface area (Å²) in [6, 6.07) is 9.87. The lowest BCUT2D eigenvalue weighted by atomic mass is 9.82. The van der Waals surface area contributed by atoms with Crippen LogP contribution in [0.1, 0.15) is 12.5 Å². The van der Waals surface area contributed by atoms with Gasteiger partial charge < -0.3 is 19.6 Å². The molecule has 2 aliphatic rings. The summed E-state index contributed by atoms with van der Waals surface area (Å²) in [7, 11) is 7.21. The number of hydrogen-bond acceptors (Lipinski definition) is 2. The lowest BCUT2D eigenvalue weighted by molar-refractivity contribution is -0.0534. The Morgan fingerprint density at radius 1 is 0.840 bits per heavy atom. The molecule has 3 rings (SSSR count). The molecular weight excluding hydrogens is 316 g/mol. The fourth-order valence-corrected chi connectivity index (χ4v) is 4.06. The van der Waals surface area contributed by atoms with Crippen molar-refractivity contribution in [2.75, 3.05) is 28.2 Å². The molecule has 2 aliphatic heterocycles. The van der Waals surface area contributed by atoms with Crippen LogP contribution in [0, 0.1) is 5.92 Å². The molecule has 0 radical (unpaired) electrons. The first kappa shape index (κ1) is 17.3. The Kier molecular flexibility index (Phi) is 4.45. The highest BCUT2D eigenvalue weighted by Gasteiger charge is 2.52. The van der Waals surface area contributed by atoms with Gasteiger partial charge in [0.15, 0.2) is 0 Å². The molecular formula is C19H26N4O2. The average Bonchev–Trinajstić information content (AvgIpc) is 2.62. The lowest BCUT2D eigenvalue weighted by Gasteiger charge is -2.57. The van der Waals surface area contributed by atoms with E-state index in [1.807, 2.05) is 44.4 Å². The van der Waals surface area contributed by atoms with Gasteiger partial charge in [-0.15, -0.1) is 0 Å². The molecule has 6 heteroatoms. The van der Waals surface area contributed by atoms with Gasteiger partial charge in [0.2, 0.25) is 0 Å².